The van der Waals surface area contributed by atoms with Crippen molar-refractivity contribution in [1.29, 1.82) is 0 Å². The number of aromatic nitrogens is 2. The van der Waals surface area contributed by atoms with Crippen LogP contribution in [-0.4, -0.2) is 39.8 Å². The van der Waals surface area contributed by atoms with Crippen molar-refractivity contribution in [2.45, 2.75) is 31.7 Å². The van der Waals surface area contributed by atoms with Gasteiger partial charge in [-0.2, -0.15) is 4.68 Å². The van der Waals surface area contributed by atoms with E-state index in [-0.39, 0.29) is 28.5 Å². The maximum absolute atomic E-state index is 12.4. The van der Waals surface area contributed by atoms with Crippen LogP contribution in [0.1, 0.15) is 19.3 Å². The summed E-state index contributed by atoms with van der Waals surface area (Å²) >= 11 is 0. The number of carbonyl (C=O) groups is 1. The molecule has 2 heterocycles. The smallest absolute Gasteiger partial charge is 0.471 e. The van der Waals surface area contributed by atoms with Crippen LogP contribution in [0.3, 0.4) is 0 Å². The number of amides is 1. The Labute approximate surface area is 113 Å². The number of halogens is 3. The van der Waals surface area contributed by atoms with Crippen LogP contribution in [0.15, 0.2) is 12.3 Å². The van der Waals surface area contributed by atoms with Gasteiger partial charge in [0.1, 0.15) is 6.10 Å². The van der Waals surface area contributed by atoms with Gasteiger partial charge >= 0.3 is 6.30 Å². The molecule has 2 fully saturated rings. The molecule has 20 heavy (non-hydrogen) atoms. The van der Waals surface area contributed by atoms with Gasteiger partial charge in [0.05, 0.1) is 6.54 Å². The fourth-order valence-electron chi connectivity index (χ4n) is 2.30. The first-order valence-corrected chi connectivity index (χ1v) is 6.52. The number of carbonyl (C=O) groups excluding carboxylic acids is 1. The molecule has 1 aromatic rings. The lowest BCUT2D eigenvalue weighted by atomic mass is 10.3. The molecule has 1 unspecified atom stereocenters. The number of nitrogens with zero attached hydrogens (tertiary/aromatic N) is 3. The average Bonchev–Trinajstić information content (AvgIpc) is 2.93. The molecule has 110 valence electrons. The maximum atomic E-state index is 12.4. The SMILES string of the molecule is O=C(C1CC1)N1CCC(Oc2ccn(C(F)(F)F)n2)C1. The summed E-state index contributed by atoms with van der Waals surface area (Å²) in [4.78, 5) is 13.6. The molecule has 1 atom stereocenters. The van der Waals surface area contributed by atoms with E-state index in [4.69, 9.17) is 4.74 Å². The van der Waals surface area contributed by atoms with Crippen molar-refractivity contribution in [3.63, 3.8) is 0 Å². The Morgan fingerprint density at radius 3 is 2.70 bits per heavy atom. The second-order valence-corrected chi connectivity index (χ2v) is 5.15. The van der Waals surface area contributed by atoms with Crippen molar-refractivity contribution in [3.05, 3.63) is 12.3 Å². The molecule has 5 nitrogen and oxygen atoms in total. The van der Waals surface area contributed by atoms with Crippen molar-refractivity contribution in [2.24, 2.45) is 5.92 Å². The van der Waals surface area contributed by atoms with Gasteiger partial charge in [-0.25, -0.2) is 0 Å². The zero-order chi connectivity index (χ0) is 14.3. The van der Waals surface area contributed by atoms with E-state index >= 15 is 0 Å². The number of likely N-dealkylation sites (tertiary alicyclic amines) is 1. The van der Waals surface area contributed by atoms with E-state index in [1.54, 1.807) is 4.90 Å². The highest BCUT2D eigenvalue weighted by atomic mass is 19.4. The van der Waals surface area contributed by atoms with Crippen LogP contribution in [0, 0.1) is 5.92 Å². The molecular formula is C12H14F3N3O2. The predicted octanol–water partition coefficient (Wildman–Crippen LogP) is 1.75. The highest BCUT2D eigenvalue weighted by Gasteiger charge is 2.37. The topological polar surface area (TPSA) is 47.4 Å². The number of hydrogen-bond donors (Lipinski definition) is 0. The van der Waals surface area contributed by atoms with E-state index in [1.165, 1.54) is 6.07 Å². The third kappa shape index (κ3) is 2.73. The predicted molar refractivity (Wildman–Crippen MR) is 61.9 cm³/mol. The lowest BCUT2D eigenvalue weighted by Crippen LogP contribution is -2.32. The summed E-state index contributed by atoms with van der Waals surface area (Å²) in [5, 5.41) is 3.33. The summed E-state index contributed by atoms with van der Waals surface area (Å²) in [7, 11) is 0. The Morgan fingerprint density at radius 2 is 2.10 bits per heavy atom. The van der Waals surface area contributed by atoms with E-state index in [0.717, 1.165) is 19.0 Å². The summed E-state index contributed by atoms with van der Waals surface area (Å²) in [6.07, 6.45) is -1.50. The number of rotatable bonds is 3. The molecule has 3 rings (SSSR count). The minimum Gasteiger partial charge on any atom is -0.471 e. The van der Waals surface area contributed by atoms with E-state index in [9.17, 15) is 18.0 Å². The Hall–Kier alpha value is -1.73. The lowest BCUT2D eigenvalue weighted by molar-refractivity contribution is -0.212. The largest absolute Gasteiger partial charge is 0.504 e. The van der Waals surface area contributed by atoms with Gasteiger partial charge in [-0.15, -0.1) is 18.3 Å². The fraction of sp³-hybridized carbons (Fsp3) is 0.667. The Kier molecular flexibility index (Phi) is 3.10. The average molecular weight is 289 g/mol. The minimum atomic E-state index is -4.54. The van der Waals surface area contributed by atoms with Gasteiger partial charge in [-0.05, 0) is 12.8 Å². The van der Waals surface area contributed by atoms with E-state index in [0.29, 0.717) is 19.5 Å². The second-order valence-electron chi connectivity index (χ2n) is 5.15. The summed E-state index contributed by atoms with van der Waals surface area (Å²) in [5.74, 6) is 0.225. The molecular weight excluding hydrogens is 275 g/mol. The summed E-state index contributed by atoms with van der Waals surface area (Å²) in [6, 6.07) is 1.18. The molecule has 0 aromatic carbocycles. The van der Waals surface area contributed by atoms with Gasteiger partial charge in [0, 0.05) is 31.1 Å². The van der Waals surface area contributed by atoms with Crippen LogP contribution >= 0.6 is 0 Å². The van der Waals surface area contributed by atoms with Crippen molar-refractivity contribution >= 4 is 5.91 Å². The Morgan fingerprint density at radius 1 is 1.35 bits per heavy atom. The summed E-state index contributed by atoms with van der Waals surface area (Å²) < 4.78 is 42.4. The molecule has 2 aliphatic rings. The van der Waals surface area contributed by atoms with Crippen LogP contribution in [0.25, 0.3) is 0 Å². The fourth-order valence-corrected chi connectivity index (χ4v) is 2.30. The monoisotopic (exact) mass is 289 g/mol. The van der Waals surface area contributed by atoms with Crippen molar-refractivity contribution in [2.75, 3.05) is 13.1 Å². The molecule has 1 aliphatic carbocycles. The van der Waals surface area contributed by atoms with Crippen LogP contribution in [0.5, 0.6) is 5.88 Å². The first-order valence-electron chi connectivity index (χ1n) is 6.52. The zero-order valence-electron chi connectivity index (χ0n) is 10.6. The molecule has 0 N–H and O–H groups in total. The molecule has 8 heteroatoms. The van der Waals surface area contributed by atoms with Crippen LogP contribution in [0.4, 0.5) is 13.2 Å². The standard InChI is InChI=1S/C12H14F3N3O2/c13-12(14,15)18-6-4-10(16-18)20-9-3-5-17(7-9)11(19)8-1-2-8/h4,6,8-9H,1-3,5,7H2. The highest BCUT2D eigenvalue weighted by Crippen LogP contribution is 2.32. The third-order valence-electron chi connectivity index (χ3n) is 3.50. The summed E-state index contributed by atoms with van der Waals surface area (Å²) in [5.41, 5.74) is 0. The Balaban J connectivity index is 1.56. The molecule has 1 saturated heterocycles. The zero-order valence-corrected chi connectivity index (χ0v) is 10.6. The van der Waals surface area contributed by atoms with Crippen molar-refractivity contribution in [1.82, 2.24) is 14.7 Å². The maximum Gasteiger partial charge on any atom is 0.504 e. The molecule has 0 radical (unpaired) electrons. The number of ether oxygens (including phenoxy) is 1. The number of hydrogen-bond acceptors (Lipinski definition) is 3. The van der Waals surface area contributed by atoms with Gasteiger partial charge in [-0.3, -0.25) is 4.79 Å². The third-order valence-corrected chi connectivity index (χ3v) is 3.50. The lowest BCUT2D eigenvalue weighted by Gasteiger charge is -2.16. The first kappa shape index (κ1) is 13.3. The van der Waals surface area contributed by atoms with E-state index < -0.39 is 6.30 Å². The normalized spacial score (nSPS) is 23.1. The van der Waals surface area contributed by atoms with Gasteiger partial charge in [0.2, 0.25) is 11.8 Å². The van der Waals surface area contributed by atoms with Gasteiger partial charge in [0.25, 0.3) is 0 Å². The van der Waals surface area contributed by atoms with Crippen LogP contribution in [-0.2, 0) is 11.1 Å². The summed E-state index contributed by atoms with van der Waals surface area (Å²) in [6.45, 7) is 1.02. The van der Waals surface area contributed by atoms with Crippen molar-refractivity contribution < 1.29 is 22.7 Å². The molecule has 1 amide bonds. The molecule has 0 bridgehead atoms. The number of alkyl halides is 3. The van der Waals surface area contributed by atoms with Crippen LogP contribution in [0.2, 0.25) is 0 Å². The second kappa shape index (κ2) is 4.68. The van der Waals surface area contributed by atoms with E-state index in [2.05, 4.69) is 5.10 Å². The first-order chi connectivity index (χ1) is 9.43. The quantitative estimate of drug-likeness (QED) is 0.851. The highest BCUT2D eigenvalue weighted by molar-refractivity contribution is 5.81. The van der Waals surface area contributed by atoms with Gasteiger partial charge in [0.15, 0.2) is 0 Å². The Bertz CT molecular complexity index is 510. The molecule has 1 aliphatic heterocycles. The molecule has 0 spiro atoms. The van der Waals surface area contributed by atoms with Crippen molar-refractivity contribution in [3.8, 4) is 5.88 Å². The van der Waals surface area contributed by atoms with E-state index in [1.807, 2.05) is 0 Å². The molecule has 1 saturated carbocycles. The molecule has 1 aromatic heterocycles. The van der Waals surface area contributed by atoms with Crippen LogP contribution < -0.4 is 4.74 Å². The minimum absolute atomic E-state index is 0.0620. The van der Waals surface area contributed by atoms with Gasteiger partial charge in [-0.1, -0.05) is 0 Å². The van der Waals surface area contributed by atoms with Gasteiger partial charge < -0.3 is 9.64 Å².